The van der Waals surface area contributed by atoms with E-state index in [1.165, 1.54) is 6.92 Å². The van der Waals surface area contributed by atoms with Crippen molar-refractivity contribution < 1.29 is 19.4 Å². The summed E-state index contributed by atoms with van der Waals surface area (Å²) in [4.78, 5) is 10.3. The molecule has 88 valence electrons. The molecule has 0 heterocycles. The summed E-state index contributed by atoms with van der Waals surface area (Å²) in [6.45, 7) is 1.53. The molecule has 0 saturated carbocycles. The second-order valence-corrected chi connectivity index (χ2v) is 3.95. The van der Waals surface area contributed by atoms with Gasteiger partial charge < -0.3 is 10.2 Å². The smallest absolute Gasteiger partial charge is 0.303 e. The summed E-state index contributed by atoms with van der Waals surface area (Å²) in [5.41, 5.74) is 0.693. The molecular weight excluding hydrogens is 235 g/mol. The first-order valence-corrected chi connectivity index (χ1v) is 5.19. The zero-order chi connectivity index (χ0) is 12.3. The Morgan fingerprint density at radius 2 is 2.19 bits per heavy atom. The molecule has 5 heteroatoms. The van der Waals surface area contributed by atoms with Crippen molar-refractivity contribution in [3.05, 3.63) is 28.0 Å². The van der Waals surface area contributed by atoms with Gasteiger partial charge in [0.25, 0.3) is 0 Å². The molecule has 0 aromatic heterocycles. The van der Waals surface area contributed by atoms with Gasteiger partial charge in [-0.1, -0.05) is 11.6 Å². The Balaban J connectivity index is 2.90. The monoisotopic (exact) mass is 246 g/mol. The molecule has 3 nitrogen and oxygen atoms in total. The number of phenolic OH excluding ortho intramolecular Hbond substituents is 1. The summed E-state index contributed by atoms with van der Waals surface area (Å²) < 4.78 is 13.3. The molecule has 0 amide bonds. The van der Waals surface area contributed by atoms with Crippen molar-refractivity contribution in [1.29, 1.82) is 0 Å². The lowest BCUT2D eigenvalue weighted by Crippen LogP contribution is -1.99. The van der Waals surface area contributed by atoms with Crippen LogP contribution in [0.4, 0.5) is 4.39 Å². The Morgan fingerprint density at radius 1 is 1.56 bits per heavy atom. The maximum atomic E-state index is 13.3. The minimum atomic E-state index is -0.917. The molecular formula is C11H12ClFO3. The van der Waals surface area contributed by atoms with Crippen LogP contribution >= 0.6 is 11.6 Å². The van der Waals surface area contributed by atoms with E-state index in [-0.39, 0.29) is 17.2 Å². The van der Waals surface area contributed by atoms with Crippen LogP contribution in [0.3, 0.4) is 0 Å². The molecule has 0 radical (unpaired) electrons. The second kappa shape index (κ2) is 5.16. The SMILES string of the molecule is Cc1c(F)cc(Cl)c(O)c1CCCC(=O)O. The van der Waals surface area contributed by atoms with Crippen LogP contribution in [0.15, 0.2) is 6.07 Å². The number of hydrogen-bond acceptors (Lipinski definition) is 2. The Kier molecular flexibility index (Phi) is 4.12. The quantitative estimate of drug-likeness (QED) is 0.859. The van der Waals surface area contributed by atoms with Crippen LogP contribution in [-0.4, -0.2) is 16.2 Å². The average Bonchev–Trinajstić information content (AvgIpc) is 2.20. The van der Waals surface area contributed by atoms with Crippen LogP contribution in [0.1, 0.15) is 24.0 Å². The molecule has 0 saturated heterocycles. The largest absolute Gasteiger partial charge is 0.506 e. The molecule has 0 aliphatic heterocycles. The molecule has 1 aromatic carbocycles. The van der Waals surface area contributed by atoms with Gasteiger partial charge >= 0.3 is 5.97 Å². The zero-order valence-corrected chi connectivity index (χ0v) is 9.51. The van der Waals surface area contributed by atoms with Crippen molar-refractivity contribution in [3.63, 3.8) is 0 Å². The molecule has 1 aromatic rings. The van der Waals surface area contributed by atoms with Gasteiger partial charge in [-0.05, 0) is 31.4 Å². The van der Waals surface area contributed by atoms with E-state index in [4.69, 9.17) is 16.7 Å². The molecule has 0 unspecified atom stereocenters. The minimum Gasteiger partial charge on any atom is -0.506 e. The molecule has 0 spiro atoms. The van der Waals surface area contributed by atoms with Crippen molar-refractivity contribution >= 4 is 17.6 Å². The summed E-state index contributed by atoms with van der Waals surface area (Å²) in [5, 5.41) is 18.1. The lowest BCUT2D eigenvalue weighted by atomic mass is 10.0. The van der Waals surface area contributed by atoms with Crippen molar-refractivity contribution in [2.24, 2.45) is 0 Å². The van der Waals surface area contributed by atoms with E-state index in [1.807, 2.05) is 0 Å². The summed E-state index contributed by atoms with van der Waals surface area (Å²) in [5.74, 6) is -1.57. The molecule has 0 bridgehead atoms. The fraction of sp³-hybridized carbons (Fsp3) is 0.364. The number of rotatable bonds is 4. The number of carbonyl (C=O) groups is 1. The predicted octanol–water partition coefficient (Wildman–Crippen LogP) is 2.90. The summed E-state index contributed by atoms with van der Waals surface area (Å²) in [7, 11) is 0. The van der Waals surface area contributed by atoms with E-state index in [0.29, 0.717) is 24.0 Å². The number of phenols is 1. The zero-order valence-electron chi connectivity index (χ0n) is 8.76. The highest BCUT2D eigenvalue weighted by molar-refractivity contribution is 6.32. The standard InChI is InChI=1S/C11H12ClFO3/c1-6-7(3-2-4-10(14)15)11(16)8(12)5-9(6)13/h5,16H,2-4H2,1H3,(H,14,15). The first-order valence-electron chi connectivity index (χ1n) is 4.81. The van der Waals surface area contributed by atoms with E-state index in [1.54, 1.807) is 0 Å². The van der Waals surface area contributed by atoms with Crippen LogP contribution in [0, 0.1) is 12.7 Å². The fourth-order valence-corrected chi connectivity index (χ4v) is 1.69. The van der Waals surface area contributed by atoms with Crippen molar-refractivity contribution in [2.45, 2.75) is 26.2 Å². The third-order valence-corrected chi connectivity index (χ3v) is 2.68. The van der Waals surface area contributed by atoms with Gasteiger partial charge in [-0.25, -0.2) is 4.39 Å². The van der Waals surface area contributed by atoms with Crippen LogP contribution in [-0.2, 0) is 11.2 Å². The maximum absolute atomic E-state index is 13.3. The highest BCUT2D eigenvalue weighted by Gasteiger charge is 2.13. The summed E-state index contributed by atoms with van der Waals surface area (Å²) >= 11 is 5.63. The molecule has 2 N–H and O–H groups in total. The van der Waals surface area contributed by atoms with Crippen LogP contribution in [0.5, 0.6) is 5.75 Å². The van der Waals surface area contributed by atoms with Crippen LogP contribution < -0.4 is 0 Å². The third kappa shape index (κ3) is 2.85. The molecule has 16 heavy (non-hydrogen) atoms. The highest BCUT2D eigenvalue weighted by Crippen LogP contribution is 2.32. The van der Waals surface area contributed by atoms with Crippen molar-refractivity contribution in [2.75, 3.05) is 0 Å². The number of aromatic hydroxyl groups is 1. The normalized spacial score (nSPS) is 10.4. The van der Waals surface area contributed by atoms with E-state index in [2.05, 4.69) is 0 Å². The van der Waals surface area contributed by atoms with Crippen LogP contribution in [0.25, 0.3) is 0 Å². The Labute approximate surface area is 97.5 Å². The van der Waals surface area contributed by atoms with Gasteiger partial charge in [0, 0.05) is 12.0 Å². The average molecular weight is 247 g/mol. The number of hydrogen-bond donors (Lipinski definition) is 2. The second-order valence-electron chi connectivity index (χ2n) is 3.54. The first-order chi connectivity index (χ1) is 7.43. The highest BCUT2D eigenvalue weighted by atomic mass is 35.5. The molecule has 0 fully saturated rings. The molecule has 0 aliphatic rings. The van der Waals surface area contributed by atoms with Gasteiger partial charge in [0.15, 0.2) is 0 Å². The summed E-state index contributed by atoms with van der Waals surface area (Å²) in [6.07, 6.45) is 0.609. The number of carboxylic acids is 1. The maximum Gasteiger partial charge on any atom is 0.303 e. The predicted molar refractivity (Wildman–Crippen MR) is 58.4 cm³/mol. The topological polar surface area (TPSA) is 57.5 Å². The van der Waals surface area contributed by atoms with Gasteiger partial charge in [-0.3, -0.25) is 4.79 Å². The third-order valence-electron chi connectivity index (χ3n) is 2.39. The first kappa shape index (κ1) is 12.8. The molecule has 0 atom stereocenters. The lowest BCUT2D eigenvalue weighted by molar-refractivity contribution is -0.137. The van der Waals surface area contributed by atoms with E-state index in [0.717, 1.165) is 6.07 Å². The number of carboxylic acid groups (broad SMARTS) is 1. The lowest BCUT2D eigenvalue weighted by Gasteiger charge is -2.10. The van der Waals surface area contributed by atoms with Gasteiger partial charge in [0.05, 0.1) is 5.02 Å². The van der Waals surface area contributed by atoms with Crippen molar-refractivity contribution in [1.82, 2.24) is 0 Å². The Morgan fingerprint density at radius 3 is 2.75 bits per heavy atom. The van der Waals surface area contributed by atoms with Gasteiger partial charge in [0.1, 0.15) is 11.6 Å². The van der Waals surface area contributed by atoms with Gasteiger partial charge in [-0.15, -0.1) is 0 Å². The van der Waals surface area contributed by atoms with Crippen LogP contribution in [0.2, 0.25) is 5.02 Å². The van der Waals surface area contributed by atoms with E-state index >= 15 is 0 Å². The number of halogens is 2. The van der Waals surface area contributed by atoms with Gasteiger partial charge in [0.2, 0.25) is 0 Å². The Bertz CT molecular complexity index is 392. The fourth-order valence-electron chi connectivity index (χ4n) is 1.48. The summed E-state index contributed by atoms with van der Waals surface area (Å²) in [6, 6.07) is 1.05. The number of aliphatic carboxylic acids is 1. The molecule has 1 rings (SSSR count). The number of benzene rings is 1. The Hall–Kier alpha value is -1.29. The van der Waals surface area contributed by atoms with Crippen molar-refractivity contribution in [3.8, 4) is 5.75 Å². The van der Waals surface area contributed by atoms with Gasteiger partial charge in [-0.2, -0.15) is 0 Å². The van der Waals surface area contributed by atoms with E-state index < -0.39 is 11.8 Å². The van der Waals surface area contributed by atoms with E-state index in [9.17, 15) is 14.3 Å². The minimum absolute atomic E-state index is 0.0208. The molecule has 0 aliphatic carbocycles.